The van der Waals surface area contributed by atoms with Crippen LogP contribution in [0.3, 0.4) is 0 Å². The number of piperidine rings is 1. The molecule has 2 unspecified atom stereocenters. The second-order valence-corrected chi connectivity index (χ2v) is 10.6. The van der Waals surface area contributed by atoms with Crippen LogP contribution < -0.4 is 10.1 Å². The number of nitrogens with one attached hydrogen (secondary N) is 1. The number of allylic oxidation sites excluding steroid dienone is 2. The fourth-order valence-electron chi connectivity index (χ4n) is 4.41. The molecule has 2 aliphatic rings. The van der Waals surface area contributed by atoms with Crippen molar-refractivity contribution in [3.05, 3.63) is 35.7 Å². The Balaban J connectivity index is 1.46. The fraction of sp³-hybridized carbons (Fsp3) is 0.630. The molecule has 36 heavy (non-hydrogen) atoms. The first-order valence-corrected chi connectivity index (χ1v) is 12.7. The molecule has 0 aromatic heterocycles. The lowest BCUT2D eigenvalue weighted by Crippen LogP contribution is -2.42. The van der Waals surface area contributed by atoms with Gasteiger partial charge in [-0.25, -0.2) is 9.18 Å². The summed E-state index contributed by atoms with van der Waals surface area (Å²) < 4.78 is 26.2. The summed E-state index contributed by atoms with van der Waals surface area (Å²) in [4.78, 5) is 26.2. The maximum Gasteiger partial charge on any atom is 0.410 e. The van der Waals surface area contributed by atoms with Gasteiger partial charge < -0.3 is 29.9 Å². The van der Waals surface area contributed by atoms with Gasteiger partial charge in [-0.05, 0) is 76.5 Å². The van der Waals surface area contributed by atoms with Gasteiger partial charge in [-0.15, -0.1) is 0 Å². The third-order valence-electron chi connectivity index (χ3n) is 6.54. The van der Waals surface area contributed by atoms with Crippen LogP contribution in [0.2, 0.25) is 0 Å². The Bertz CT molecular complexity index is 937. The van der Waals surface area contributed by atoms with Crippen LogP contribution in [0.1, 0.15) is 58.4 Å². The van der Waals surface area contributed by atoms with Crippen molar-refractivity contribution < 1.29 is 33.7 Å². The summed E-state index contributed by atoms with van der Waals surface area (Å²) in [5.74, 6) is 0.00873. The predicted molar refractivity (Wildman–Crippen MR) is 134 cm³/mol. The predicted octanol–water partition coefficient (Wildman–Crippen LogP) is 3.50. The number of amides is 2. The summed E-state index contributed by atoms with van der Waals surface area (Å²) in [5, 5.41) is 20.9. The maximum absolute atomic E-state index is 14.9. The van der Waals surface area contributed by atoms with Crippen LogP contribution in [0.25, 0.3) is 5.57 Å². The van der Waals surface area contributed by atoms with Crippen LogP contribution in [0, 0.1) is 17.7 Å². The number of hydrogen-bond acceptors (Lipinski definition) is 6. The van der Waals surface area contributed by atoms with Crippen molar-refractivity contribution in [3.63, 3.8) is 0 Å². The number of carbonyl (C=O) groups excluding carboxylic acids is 2. The van der Waals surface area contributed by atoms with Crippen molar-refractivity contribution in [2.24, 2.45) is 11.8 Å². The van der Waals surface area contributed by atoms with E-state index in [9.17, 15) is 19.1 Å². The topological polar surface area (TPSA) is 108 Å². The highest BCUT2D eigenvalue weighted by molar-refractivity contribution is 5.80. The normalized spacial score (nSPS) is 19.9. The summed E-state index contributed by atoms with van der Waals surface area (Å²) in [6.45, 7) is 6.87. The van der Waals surface area contributed by atoms with Gasteiger partial charge in [0.15, 0.2) is 0 Å². The number of hydrogen-bond donors (Lipinski definition) is 3. The molecule has 8 nitrogen and oxygen atoms in total. The van der Waals surface area contributed by atoms with Gasteiger partial charge in [-0.1, -0.05) is 6.08 Å². The average molecular weight is 507 g/mol. The largest absolute Gasteiger partial charge is 0.493 e. The molecule has 0 bridgehead atoms. The van der Waals surface area contributed by atoms with Crippen molar-refractivity contribution in [2.45, 2.75) is 64.6 Å². The van der Waals surface area contributed by atoms with E-state index >= 15 is 0 Å². The molecule has 200 valence electrons. The molecule has 0 spiro atoms. The SMILES string of the molecule is CC(C)(C)OC(=O)N1CCC(COc2ccc(C3=CCC(C(=O)NCC(O)CO)CC3)c(F)c2)CC1. The number of likely N-dealkylation sites (tertiary alicyclic amines) is 1. The first-order valence-electron chi connectivity index (χ1n) is 12.7. The highest BCUT2D eigenvalue weighted by Crippen LogP contribution is 2.33. The van der Waals surface area contributed by atoms with Crippen LogP contribution in [0.15, 0.2) is 24.3 Å². The van der Waals surface area contributed by atoms with E-state index in [4.69, 9.17) is 14.6 Å². The Morgan fingerprint density at radius 1 is 1.22 bits per heavy atom. The van der Waals surface area contributed by atoms with E-state index in [-0.39, 0.29) is 36.2 Å². The Morgan fingerprint density at radius 2 is 1.94 bits per heavy atom. The molecule has 1 aliphatic carbocycles. The number of rotatable bonds is 8. The van der Waals surface area contributed by atoms with E-state index in [0.717, 1.165) is 18.4 Å². The van der Waals surface area contributed by atoms with Gasteiger partial charge in [0.25, 0.3) is 0 Å². The summed E-state index contributed by atoms with van der Waals surface area (Å²) >= 11 is 0. The molecule has 1 aromatic carbocycles. The van der Waals surface area contributed by atoms with Crippen molar-refractivity contribution in [1.82, 2.24) is 10.2 Å². The number of benzene rings is 1. The smallest absolute Gasteiger partial charge is 0.410 e. The Kier molecular flexibility index (Phi) is 9.73. The molecular weight excluding hydrogens is 467 g/mol. The Labute approximate surface area is 212 Å². The monoisotopic (exact) mass is 506 g/mol. The summed E-state index contributed by atoms with van der Waals surface area (Å²) in [6.07, 6.45) is 3.91. The molecule has 9 heteroatoms. The molecule has 0 radical (unpaired) electrons. The fourth-order valence-corrected chi connectivity index (χ4v) is 4.41. The van der Waals surface area contributed by atoms with Gasteiger partial charge in [0, 0.05) is 37.2 Å². The Morgan fingerprint density at radius 3 is 2.53 bits per heavy atom. The maximum atomic E-state index is 14.9. The number of carbonyl (C=O) groups is 2. The number of ether oxygens (including phenoxy) is 2. The highest BCUT2D eigenvalue weighted by Gasteiger charge is 2.27. The van der Waals surface area contributed by atoms with Gasteiger partial charge in [0.05, 0.1) is 19.3 Å². The second-order valence-electron chi connectivity index (χ2n) is 10.6. The Hall–Kier alpha value is -2.65. The third kappa shape index (κ3) is 8.20. The zero-order valence-corrected chi connectivity index (χ0v) is 21.5. The van der Waals surface area contributed by atoms with Crippen molar-refractivity contribution in [3.8, 4) is 5.75 Å². The van der Waals surface area contributed by atoms with E-state index < -0.39 is 18.3 Å². The molecule has 3 rings (SSSR count). The molecule has 0 saturated carbocycles. The van der Waals surface area contributed by atoms with Crippen molar-refractivity contribution in [2.75, 3.05) is 32.8 Å². The summed E-state index contributed by atoms with van der Waals surface area (Å²) in [7, 11) is 0. The minimum atomic E-state index is -0.969. The number of nitrogens with zero attached hydrogens (tertiary/aromatic N) is 1. The molecule has 1 aromatic rings. The van der Waals surface area contributed by atoms with Crippen LogP contribution in [0.4, 0.5) is 9.18 Å². The zero-order chi connectivity index (χ0) is 26.3. The molecular formula is C27H39FN2O6. The lowest BCUT2D eigenvalue weighted by Gasteiger charge is -2.33. The van der Waals surface area contributed by atoms with E-state index in [1.54, 1.807) is 17.0 Å². The highest BCUT2D eigenvalue weighted by atomic mass is 19.1. The van der Waals surface area contributed by atoms with E-state index in [1.165, 1.54) is 6.07 Å². The minimum Gasteiger partial charge on any atom is -0.493 e. The van der Waals surface area contributed by atoms with Crippen LogP contribution in [0.5, 0.6) is 5.75 Å². The van der Waals surface area contributed by atoms with Crippen molar-refractivity contribution >= 4 is 17.6 Å². The average Bonchev–Trinajstić information content (AvgIpc) is 2.85. The van der Waals surface area contributed by atoms with Gasteiger partial charge in [-0.2, -0.15) is 0 Å². The lowest BCUT2D eigenvalue weighted by molar-refractivity contribution is -0.125. The lowest BCUT2D eigenvalue weighted by atomic mass is 9.86. The van der Waals surface area contributed by atoms with Crippen molar-refractivity contribution in [1.29, 1.82) is 0 Å². The molecule has 1 aliphatic heterocycles. The quantitative estimate of drug-likeness (QED) is 0.498. The van der Waals surface area contributed by atoms with E-state index in [1.807, 2.05) is 26.8 Å². The molecule has 1 saturated heterocycles. The molecule has 3 N–H and O–H groups in total. The third-order valence-corrected chi connectivity index (χ3v) is 6.54. The zero-order valence-electron chi connectivity index (χ0n) is 21.5. The summed E-state index contributed by atoms with van der Waals surface area (Å²) in [5.41, 5.74) is 0.873. The first kappa shape index (κ1) is 27.9. The number of aliphatic hydroxyl groups excluding tert-OH is 2. The first-order chi connectivity index (χ1) is 17.1. The molecule has 2 amide bonds. The van der Waals surface area contributed by atoms with Gasteiger partial charge in [0.1, 0.15) is 17.2 Å². The van der Waals surface area contributed by atoms with Crippen LogP contribution >= 0.6 is 0 Å². The molecule has 1 heterocycles. The summed E-state index contributed by atoms with van der Waals surface area (Å²) in [6, 6.07) is 4.89. The molecule has 1 fully saturated rings. The van der Waals surface area contributed by atoms with Gasteiger partial charge in [-0.3, -0.25) is 4.79 Å². The van der Waals surface area contributed by atoms with Crippen LogP contribution in [-0.4, -0.2) is 71.7 Å². The van der Waals surface area contributed by atoms with E-state index in [0.29, 0.717) is 50.3 Å². The van der Waals surface area contributed by atoms with Gasteiger partial charge in [0.2, 0.25) is 5.91 Å². The van der Waals surface area contributed by atoms with E-state index in [2.05, 4.69) is 5.32 Å². The number of aliphatic hydroxyl groups is 2. The standard InChI is InChI=1S/C27H39FN2O6/c1-27(2,3)36-26(34)30-12-10-18(11-13-30)17-35-22-8-9-23(24(28)14-22)19-4-6-20(7-5-19)25(33)29-15-21(32)16-31/h4,8-9,14,18,20-21,31-32H,5-7,10-13,15-17H2,1-3H3,(H,29,33). The minimum absolute atomic E-state index is 0.0152. The molecule has 2 atom stereocenters. The second kappa shape index (κ2) is 12.5. The van der Waals surface area contributed by atoms with Crippen LogP contribution in [-0.2, 0) is 9.53 Å². The van der Waals surface area contributed by atoms with Gasteiger partial charge >= 0.3 is 6.09 Å². The number of halogens is 1.